The van der Waals surface area contributed by atoms with E-state index in [0.29, 0.717) is 5.69 Å². The van der Waals surface area contributed by atoms with Gasteiger partial charge in [0.05, 0.1) is 0 Å². The van der Waals surface area contributed by atoms with Crippen LogP contribution in [0, 0.1) is 0 Å². The molecule has 21 heavy (non-hydrogen) atoms. The van der Waals surface area contributed by atoms with Crippen LogP contribution in [0.25, 0.3) is 0 Å². The maximum atomic E-state index is 12.0. The SMILES string of the molecule is N/C(=N/O)C(NC(=O)Nc1ccccc1)c1ccccc1. The van der Waals surface area contributed by atoms with Gasteiger partial charge in [-0.3, -0.25) is 0 Å². The molecule has 0 bridgehead atoms. The summed E-state index contributed by atoms with van der Waals surface area (Å²) in [5, 5.41) is 17.2. The minimum absolute atomic E-state index is 0.0931. The van der Waals surface area contributed by atoms with E-state index in [4.69, 9.17) is 10.9 Å². The zero-order valence-electron chi connectivity index (χ0n) is 11.2. The van der Waals surface area contributed by atoms with Crippen molar-refractivity contribution in [3.63, 3.8) is 0 Å². The van der Waals surface area contributed by atoms with Gasteiger partial charge in [-0.25, -0.2) is 4.79 Å². The van der Waals surface area contributed by atoms with Gasteiger partial charge >= 0.3 is 6.03 Å². The molecule has 0 saturated heterocycles. The molecule has 0 aromatic heterocycles. The molecule has 0 spiro atoms. The monoisotopic (exact) mass is 284 g/mol. The van der Waals surface area contributed by atoms with Crippen LogP contribution in [0.4, 0.5) is 10.5 Å². The van der Waals surface area contributed by atoms with E-state index in [1.807, 2.05) is 36.4 Å². The van der Waals surface area contributed by atoms with Gasteiger partial charge < -0.3 is 21.6 Å². The lowest BCUT2D eigenvalue weighted by atomic mass is 10.1. The molecule has 0 aliphatic heterocycles. The average Bonchev–Trinajstić information content (AvgIpc) is 2.53. The van der Waals surface area contributed by atoms with Gasteiger partial charge in [0.25, 0.3) is 0 Å². The van der Waals surface area contributed by atoms with Crippen molar-refractivity contribution in [1.29, 1.82) is 0 Å². The summed E-state index contributed by atoms with van der Waals surface area (Å²) in [4.78, 5) is 12.0. The van der Waals surface area contributed by atoms with Crippen molar-refractivity contribution < 1.29 is 10.0 Å². The van der Waals surface area contributed by atoms with Gasteiger partial charge in [-0.15, -0.1) is 0 Å². The van der Waals surface area contributed by atoms with Crippen LogP contribution in [-0.2, 0) is 0 Å². The summed E-state index contributed by atoms with van der Waals surface area (Å²) in [6, 6.07) is 16.9. The number of nitrogens with two attached hydrogens (primary N) is 1. The Kier molecular flexibility index (Phi) is 4.76. The second kappa shape index (κ2) is 6.95. The molecular formula is C15H16N4O2. The van der Waals surface area contributed by atoms with Crippen LogP contribution >= 0.6 is 0 Å². The van der Waals surface area contributed by atoms with E-state index in [1.165, 1.54) is 0 Å². The lowest BCUT2D eigenvalue weighted by molar-refractivity contribution is 0.250. The van der Waals surface area contributed by atoms with Crippen LogP contribution in [0.3, 0.4) is 0 Å². The fraction of sp³-hybridized carbons (Fsp3) is 0.0667. The molecule has 1 unspecified atom stereocenters. The molecule has 0 aliphatic carbocycles. The van der Waals surface area contributed by atoms with Crippen LogP contribution in [-0.4, -0.2) is 17.1 Å². The van der Waals surface area contributed by atoms with Crippen molar-refractivity contribution in [2.24, 2.45) is 10.9 Å². The Hall–Kier alpha value is -3.02. The lowest BCUT2D eigenvalue weighted by Gasteiger charge is -2.18. The topological polar surface area (TPSA) is 99.7 Å². The minimum atomic E-state index is -0.708. The summed E-state index contributed by atoms with van der Waals surface area (Å²) in [6.45, 7) is 0. The number of nitrogens with one attached hydrogen (secondary N) is 2. The van der Waals surface area contributed by atoms with Gasteiger partial charge in [-0.1, -0.05) is 53.7 Å². The summed E-state index contributed by atoms with van der Waals surface area (Å²) < 4.78 is 0. The van der Waals surface area contributed by atoms with E-state index in [2.05, 4.69) is 15.8 Å². The summed E-state index contributed by atoms with van der Waals surface area (Å²) in [5.74, 6) is -0.0931. The molecule has 2 amide bonds. The number of nitrogens with zero attached hydrogens (tertiary/aromatic N) is 1. The zero-order valence-corrected chi connectivity index (χ0v) is 11.2. The van der Waals surface area contributed by atoms with Crippen LogP contribution in [0.1, 0.15) is 11.6 Å². The van der Waals surface area contributed by atoms with Gasteiger partial charge in [0.15, 0.2) is 5.84 Å². The van der Waals surface area contributed by atoms with Crippen molar-refractivity contribution in [2.45, 2.75) is 6.04 Å². The summed E-state index contributed by atoms with van der Waals surface area (Å²) in [7, 11) is 0. The first kappa shape index (κ1) is 14.4. The van der Waals surface area contributed by atoms with Gasteiger partial charge in [0, 0.05) is 5.69 Å². The van der Waals surface area contributed by atoms with E-state index in [1.54, 1.807) is 24.3 Å². The van der Waals surface area contributed by atoms with E-state index in [0.717, 1.165) is 5.56 Å². The third-order valence-electron chi connectivity index (χ3n) is 2.85. The Morgan fingerprint density at radius 2 is 1.62 bits per heavy atom. The van der Waals surface area contributed by atoms with Crippen LogP contribution in [0.15, 0.2) is 65.8 Å². The number of benzene rings is 2. The smallest absolute Gasteiger partial charge is 0.320 e. The molecule has 6 nitrogen and oxygen atoms in total. The van der Waals surface area contributed by atoms with Crippen molar-refractivity contribution in [3.05, 3.63) is 66.2 Å². The molecular weight excluding hydrogens is 268 g/mol. The highest BCUT2D eigenvalue weighted by atomic mass is 16.4. The average molecular weight is 284 g/mol. The number of para-hydroxylation sites is 1. The van der Waals surface area contributed by atoms with E-state index in [-0.39, 0.29) is 5.84 Å². The number of carbonyl (C=O) groups excluding carboxylic acids is 1. The molecule has 0 radical (unpaired) electrons. The Labute approximate surface area is 122 Å². The number of carbonyl (C=O) groups is 1. The predicted molar refractivity (Wildman–Crippen MR) is 81.2 cm³/mol. The van der Waals surface area contributed by atoms with Crippen molar-refractivity contribution in [2.75, 3.05) is 5.32 Å². The second-order valence-electron chi connectivity index (χ2n) is 4.33. The molecule has 2 aromatic rings. The number of oxime groups is 1. The minimum Gasteiger partial charge on any atom is -0.409 e. The summed E-state index contributed by atoms with van der Waals surface area (Å²) >= 11 is 0. The van der Waals surface area contributed by atoms with Gasteiger partial charge in [-0.05, 0) is 17.7 Å². The van der Waals surface area contributed by atoms with Crippen molar-refractivity contribution in [1.82, 2.24) is 5.32 Å². The number of hydrogen-bond donors (Lipinski definition) is 4. The van der Waals surface area contributed by atoms with Gasteiger partial charge in [0.2, 0.25) is 0 Å². The standard InChI is InChI=1S/C15H16N4O2/c16-14(19-21)13(11-7-3-1-4-8-11)18-15(20)17-12-9-5-2-6-10-12/h1-10,13,21H,(H2,16,19)(H2,17,18,20). The molecule has 0 fully saturated rings. The van der Waals surface area contributed by atoms with Gasteiger partial charge in [-0.2, -0.15) is 0 Å². The van der Waals surface area contributed by atoms with Crippen molar-refractivity contribution in [3.8, 4) is 0 Å². The highest BCUT2D eigenvalue weighted by Crippen LogP contribution is 2.13. The lowest BCUT2D eigenvalue weighted by Crippen LogP contribution is -2.39. The number of anilines is 1. The molecule has 5 N–H and O–H groups in total. The summed E-state index contributed by atoms with van der Waals surface area (Å²) in [5.41, 5.74) is 7.02. The van der Waals surface area contributed by atoms with E-state index < -0.39 is 12.1 Å². The number of urea groups is 1. The third-order valence-corrected chi connectivity index (χ3v) is 2.85. The fourth-order valence-electron chi connectivity index (χ4n) is 1.85. The van der Waals surface area contributed by atoms with Gasteiger partial charge in [0.1, 0.15) is 6.04 Å². The number of amidine groups is 1. The van der Waals surface area contributed by atoms with E-state index in [9.17, 15) is 4.79 Å². The molecule has 6 heteroatoms. The fourth-order valence-corrected chi connectivity index (χ4v) is 1.85. The summed E-state index contributed by atoms with van der Waals surface area (Å²) in [6.07, 6.45) is 0. The van der Waals surface area contributed by atoms with Crippen LogP contribution in [0.5, 0.6) is 0 Å². The first-order valence-corrected chi connectivity index (χ1v) is 6.35. The molecule has 1 atom stereocenters. The van der Waals surface area contributed by atoms with Crippen molar-refractivity contribution >= 4 is 17.6 Å². The Bertz CT molecular complexity index is 614. The Morgan fingerprint density at radius 3 is 2.19 bits per heavy atom. The molecule has 0 aliphatic rings. The largest absolute Gasteiger partial charge is 0.409 e. The molecule has 0 saturated carbocycles. The third kappa shape index (κ3) is 3.97. The Balaban J connectivity index is 2.11. The first-order valence-electron chi connectivity index (χ1n) is 6.35. The number of amides is 2. The quantitative estimate of drug-likeness (QED) is 0.300. The predicted octanol–water partition coefficient (Wildman–Crippen LogP) is 2.30. The van der Waals surface area contributed by atoms with Crippen LogP contribution in [0.2, 0.25) is 0 Å². The molecule has 2 aromatic carbocycles. The second-order valence-corrected chi connectivity index (χ2v) is 4.33. The normalized spacial score (nSPS) is 12.5. The highest BCUT2D eigenvalue weighted by molar-refractivity contribution is 5.95. The maximum Gasteiger partial charge on any atom is 0.320 e. The van der Waals surface area contributed by atoms with E-state index >= 15 is 0 Å². The molecule has 108 valence electrons. The first-order chi connectivity index (χ1) is 10.2. The number of hydrogen-bond acceptors (Lipinski definition) is 3. The molecule has 2 rings (SSSR count). The molecule has 0 heterocycles. The highest BCUT2D eigenvalue weighted by Gasteiger charge is 2.18. The number of rotatable bonds is 4. The Morgan fingerprint density at radius 1 is 1.05 bits per heavy atom. The van der Waals surface area contributed by atoms with Crippen LogP contribution < -0.4 is 16.4 Å². The zero-order chi connectivity index (χ0) is 15.1. The maximum absolute atomic E-state index is 12.0.